The Morgan fingerprint density at radius 1 is 0.790 bits per heavy atom. The molecule has 2 unspecified atom stereocenters. The van der Waals surface area contributed by atoms with E-state index >= 15 is 4.39 Å². The van der Waals surface area contributed by atoms with Crippen molar-refractivity contribution in [3.63, 3.8) is 0 Å². The summed E-state index contributed by atoms with van der Waals surface area (Å²) in [6, 6.07) is 30.0. The van der Waals surface area contributed by atoms with E-state index in [4.69, 9.17) is 9.47 Å². The van der Waals surface area contributed by atoms with Crippen LogP contribution in [0.25, 0.3) is 0 Å². The maximum atomic E-state index is 15.5. The lowest BCUT2D eigenvalue weighted by atomic mass is 9.93. The zero-order valence-corrected chi connectivity index (χ0v) is 34.4. The van der Waals surface area contributed by atoms with Crippen LogP contribution in [0.1, 0.15) is 85.5 Å². The summed E-state index contributed by atoms with van der Waals surface area (Å²) in [7, 11) is 0. The molecule has 2 aliphatic heterocycles. The molecule has 2 aliphatic rings. The number of aldehydes is 1. The largest absolute Gasteiger partial charge is 0.470 e. The molecule has 2 aromatic heterocycles. The van der Waals surface area contributed by atoms with Crippen molar-refractivity contribution in [2.24, 2.45) is 0 Å². The van der Waals surface area contributed by atoms with E-state index in [9.17, 15) is 24.2 Å². The Morgan fingerprint density at radius 3 is 2.19 bits per heavy atom. The predicted molar refractivity (Wildman–Crippen MR) is 232 cm³/mol. The number of nitrogens with zero attached hydrogens (tertiary/aromatic N) is 4. The van der Waals surface area contributed by atoms with Crippen molar-refractivity contribution < 1.29 is 38.1 Å². The monoisotopic (exact) mass is 838 g/mol. The number of carbonyl (C=O) groups is 2. The van der Waals surface area contributed by atoms with Gasteiger partial charge >= 0.3 is 0 Å². The lowest BCUT2D eigenvalue weighted by molar-refractivity contribution is 0.103. The van der Waals surface area contributed by atoms with Gasteiger partial charge in [0.2, 0.25) is 0 Å². The van der Waals surface area contributed by atoms with E-state index in [1.165, 1.54) is 24.4 Å². The van der Waals surface area contributed by atoms with Gasteiger partial charge in [-0.2, -0.15) is 0 Å². The van der Waals surface area contributed by atoms with Gasteiger partial charge in [0.15, 0.2) is 23.7 Å². The van der Waals surface area contributed by atoms with Crippen LogP contribution in [0.5, 0.6) is 11.8 Å². The summed E-state index contributed by atoms with van der Waals surface area (Å²) >= 11 is 0. The highest BCUT2D eigenvalue weighted by Gasteiger charge is 2.29. The normalized spacial score (nSPS) is 16.7. The molecule has 4 heterocycles. The summed E-state index contributed by atoms with van der Waals surface area (Å²) in [6.45, 7) is 3.98. The number of rotatable bonds is 16. The smallest absolute Gasteiger partial charge is 0.250 e. The van der Waals surface area contributed by atoms with Crippen LogP contribution < -0.4 is 19.3 Å². The molecule has 10 nitrogen and oxygen atoms in total. The quantitative estimate of drug-likeness (QED) is 0.0732. The third-order valence-electron chi connectivity index (χ3n) is 11.8. The lowest BCUT2D eigenvalue weighted by Gasteiger charge is -2.23. The minimum absolute atomic E-state index is 0.0560. The molecule has 0 amide bonds. The second kappa shape index (κ2) is 19.0. The summed E-state index contributed by atoms with van der Waals surface area (Å²) in [5.74, 6) is -1.49. The summed E-state index contributed by atoms with van der Waals surface area (Å²) in [5.41, 5.74) is 7.44. The standard InChI is InChI=1S/C50H48F2N4O6/c1-2-33-8-3-5-10-41(33)47(59)35-15-17-45(37(25-35)30-57)56-23-20-40(29-56)62-50-44(52)24-32(27-54-50)13-14-34-9-4-6-11-42(34)48(60)36-16-18-46(38(26-36)31-58)55-22-19-39(28-55)61-49-43(51)12-7-21-53-49/h3-12,15-18,21,24-27,31,39-40,47,57,59H,2,13-14,19-20,22-23,28-30H2,1H3/t39-,40?,47?/m0/s1. The van der Waals surface area contributed by atoms with Gasteiger partial charge in [-0.05, 0) is 95.6 Å². The number of aliphatic hydroxyl groups is 2. The SMILES string of the molecule is CCc1ccccc1C(O)c1ccc(N2CCC(Oc3ncc(CCc4ccccc4C(=O)c4ccc(N5CC[C@H](Oc6ncccc6F)C5)c(C=O)c4)cc3F)C2)c(CO)c1. The number of hydrogen-bond donors (Lipinski definition) is 2. The number of hydrogen-bond acceptors (Lipinski definition) is 10. The number of halogens is 2. The number of ketones is 1. The van der Waals surface area contributed by atoms with Crippen LogP contribution in [0.4, 0.5) is 20.2 Å². The van der Waals surface area contributed by atoms with Crippen molar-refractivity contribution in [1.82, 2.24) is 9.97 Å². The second-order valence-electron chi connectivity index (χ2n) is 15.7. The molecule has 318 valence electrons. The van der Waals surface area contributed by atoms with E-state index in [0.29, 0.717) is 90.9 Å². The van der Waals surface area contributed by atoms with Gasteiger partial charge in [-0.3, -0.25) is 9.59 Å². The summed E-state index contributed by atoms with van der Waals surface area (Å²) in [4.78, 5) is 38.6. The fraction of sp³-hybridized carbons (Fsp3) is 0.280. The average Bonchev–Trinajstić information content (AvgIpc) is 3.99. The minimum Gasteiger partial charge on any atom is -0.470 e. The number of aryl methyl sites for hydroxylation is 3. The van der Waals surface area contributed by atoms with Gasteiger partial charge in [-0.1, -0.05) is 61.5 Å². The Bertz CT molecular complexity index is 2570. The molecular weight excluding hydrogens is 791 g/mol. The van der Waals surface area contributed by atoms with Crippen LogP contribution in [0.15, 0.2) is 116 Å². The van der Waals surface area contributed by atoms with E-state index in [2.05, 4.69) is 21.8 Å². The van der Waals surface area contributed by atoms with Crippen molar-refractivity contribution in [3.8, 4) is 11.8 Å². The number of pyridine rings is 2. The third-order valence-corrected chi connectivity index (χ3v) is 11.8. The summed E-state index contributed by atoms with van der Waals surface area (Å²) in [6.07, 6.45) is 5.24. The van der Waals surface area contributed by atoms with Gasteiger partial charge in [-0.15, -0.1) is 0 Å². The molecule has 4 aromatic carbocycles. The van der Waals surface area contributed by atoms with Crippen molar-refractivity contribution in [3.05, 3.63) is 177 Å². The van der Waals surface area contributed by atoms with Gasteiger partial charge < -0.3 is 29.5 Å². The van der Waals surface area contributed by atoms with Crippen LogP contribution in [-0.4, -0.2) is 70.6 Å². The fourth-order valence-electron chi connectivity index (χ4n) is 8.53. The van der Waals surface area contributed by atoms with Crippen molar-refractivity contribution >= 4 is 23.4 Å². The van der Waals surface area contributed by atoms with Gasteiger partial charge in [0.05, 0.1) is 19.7 Å². The maximum Gasteiger partial charge on any atom is 0.250 e. The topological polar surface area (TPSA) is 125 Å². The summed E-state index contributed by atoms with van der Waals surface area (Å²) in [5, 5.41) is 21.5. The first-order chi connectivity index (χ1) is 30.2. The molecule has 2 saturated heterocycles. The van der Waals surface area contributed by atoms with Gasteiger partial charge in [0, 0.05) is 72.0 Å². The Morgan fingerprint density at radius 2 is 1.48 bits per heavy atom. The van der Waals surface area contributed by atoms with Crippen LogP contribution in [0, 0.1) is 11.6 Å². The van der Waals surface area contributed by atoms with E-state index in [1.54, 1.807) is 36.5 Å². The van der Waals surface area contributed by atoms with E-state index in [0.717, 1.165) is 35.1 Å². The highest BCUT2D eigenvalue weighted by Crippen LogP contribution is 2.33. The van der Waals surface area contributed by atoms with Gasteiger partial charge in [-0.25, -0.2) is 18.7 Å². The van der Waals surface area contributed by atoms with Gasteiger partial charge in [0.25, 0.3) is 11.8 Å². The summed E-state index contributed by atoms with van der Waals surface area (Å²) < 4.78 is 41.5. The van der Waals surface area contributed by atoms with Crippen LogP contribution >= 0.6 is 0 Å². The highest BCUT2D eigenvalue weighted by molar-refractivity contribution is 6.11. The molecule has 2 fully saturated rings. The van der Waals surface area contributed by atoms with Gasteiger partial charge in [0.1, 0.15) is 18.3 Å². The lowest BCUT2D eigenvalue weighted by Crippen LogP contribution is -2.26. The number of aromatic nitrogens is 2. The molecule has 0 radical (unpaired) electrons. The van der Waals surface area contributed by atoms with Crippen LogP contribution in [-0.2, 0) is 25.9 Å². The third kappa shape index (κ3) is 9.21. The second-order valence-corrected chi connectivity index (χ2v) is 15.7. The minimum atomic E-state index is -0.817. The van der Waals surface area contributed by atoms with Crippen LogP contribution in [0.2, 0.25) is 0 Å². The maximum absolute atomic E-state index is 15.5. The molecule has 3 atom stereocenters. The molecular formula is C50H48F2N4O6. The highest BCUT2D eigenvalue weighted by atomic mass is 19.1. The van der Waals surface area contributed by atoms with Crippen molar-refractivity contribution in [2.75, 3.05) is 36.0 Å². The molecule has 6 aromatic rings. The van der Waals surface area contributed by atoms with E-state index < -0.39 is 17.7 Å². The van der Waals surface area contributed by atoms with Crippen LogP contribution in [0.3, 0.4) is 0 Å². The predicted octanol–water partition coefficient (Wildman–Crippen LogP) is 8.04. The number of anilines is 2. The molecule has 62 heavy (non-hydrogen) atoms. The molecule has 12 heteroatoms. The number of carbonyl (C=O) groups excluding carboxylic acids is 2. The Balaban J connectivity index is 0.877. The first kappa shape index (κ1) is 42.2. The van der Waals surface area contributed by atoms with Crippen molar-refractivity contribution in [2.45, 2.75) is 63.9 Å². The zero-order valence-electron chi connectivity index (χ0n) is 34.4. The molecule has 0 bridgehead atoms. The first-order valence-electron chi connectivity index (χ1n) is 21.0. The molecule has 0 saturated carbocycles. The molecule has 2 N–H and O–H groups in total. The Labute approximate surface area is 359 Å². The molecule has 0 spiro atoms. The average molecular weight is 839 g/mol. The molecule has 8 rings (SSSR count). The number of benzene rings is 4. The van der Waals surface area contributed by atoms with E-state index in [-0.39, 0.29) is 36.4 Å². The Hall–Kier alpha value is -6.50. The first-order valence-corrected chi connectivity index (χ1v) is 21.0. The number of ether oxygens (including phenoxy) is 2. The zero-order chi connectivity index (χ0) is 43.2. The fourth-order valence-corrected chi connectivity index (χ4v) is 8.53. The number of aliphatic hydroxyl groups excluding tert-OH is 2. The van der Waals surface area contributed by atoms with E-state index in [1.807, 2.05) is 59.5 Å². The molecule has 0 aliphatic carbocycles. The Kier molecular flexibility index (Phi) is 13.0. The van der Waals surface area contributed by atoms with Crippen molar-refractivity contribution in [1.29, 1.82) is 0 Å².